The number of aromatic nitrogens is 1. The van der Waals surface area contributed by atoms with Crippen LogP contribution in [0.1, 0.15) is 44.1 Å². The summed E-state index contributed by atoms with van der Waals surface area (Å²) in [6, 6.07) is 15.2. The number of pyridine rings is 1. The molecule has 1 amide bonds. The van der Waals surface area contributed by atoms with Crippen LogP contribution in [0.3, 0.4) is 0 Å². The monoisotopic (exact) mass is 689 g/mol. The van der Waals surface area contributed by atoms with E-state index in [1.807, 2.05) is 0 Å². The Labute approximate surface area is 285 Å². The summed E-state index contributed by atoms with van der Waals surface area (Å²) in [6.07, 6.45) is 5.92. The first-order valence-corrected chi connectivity index (χ1v) is 17.9. The summed E-state index contributed by atoms with van der Waals surface area (Å²) in [4.78, 5) is 30.6. The maximum Gasteiger partial charge on any atom is 0.238 e. The molecule has 1 saturated heterocycles. The van der Waals surface area contributed by atoms with Gasteiger partial charge in [-0.2, -0.15) is 0 Å². The van der Waals surface area contributed by atoms with Gasteiger partial charge in [0.25, 0.3) is 0 Å². The second kappa shape index (κ2) is 13.5. The number of anilines is 1. The number of ketones is 1. The number of carbonyl (C=O) groups is 2. The smallest absolute Gasteiger partial charge is 0.238 e. The third kappa shape index (κ3) is 7.30. The highest BCUT2D eigenvalue weighted by molar-refractivity contribution is 7.85. The average Bonchev–Trinajstić information content (AvgIpc) is 4.04. The lowest BCUT2D eigenvalue weighted by molar-refractivity contribution is -0.132. The van der Waals surface area contributed by atoms with Crippen molar-refractivity contribution in [3.05, 3.63) is 84.1 Å². The number of nitrogens with one attached hydrogen (secondary N) is 2. The maximum absolute atomic E-state index is 15.3. The second-order valence-corrected chi connectivity index (χ2v) is 14.9. The van der Waals surface area contributed by atoms with Crippen molar-refractivity contribution < 1.29 is 36.8 Å². The van der Waals surface area contributed by atoms with Gasteiger partial charge in [0.2, 0.25) is 5.91 Å². The molecule has 2 N–H and O–H groups in total. The minimum Gasteiger partial charge on any atom is -0.493 e. The first kappa shape index (κ1) is 33.1. The van der Waals surface area contributed by atoms with Crippen LogP contribution in [0.25, 0.3) is 10.9 Å². The van der Waals surface area contributed by atoms with E-state index in [-0.39, 0.29) is 29.1 Å². The molecule has 0 spiro atoms. The van der Waals surface area contributed by atoms with Gasteiger partial charge in [0.1, 0.15) is 35.2 Å². The third-order valence-corrected chi connectivity index (χ3v) is 11.0. The summed E-state index contributed by atoms with van der Waals surface area (Å²) in [5.41, 5.74) is -0.169. The SMILES string of the molecule is COc1cc2c(Oc3ccc(CC(=O)C4(C(=O)Nc5ccc(F)cc5)CC4)c(F)c3)ccnc2cc1OCC1(NC2CCS(=O)CC2)CC1. The fourth-order valence-corrected chi connectivity index (χ4v) is 7.60. The minimum atomic E-state index is -1.22. The van der Waals surface area contributed by atoms with Crippen LogP contribution >= 0.6 is 0 Å². The van der Waals surface area contributed by atoms with Crippen molar-refractivity contribution in [1.29, 1.82) is 0 Å². The van der Waals surface area contributed by atoms with Gasteiger partial charge < -0.3 is 24.8 Å². The first-order valence-electron chi connectivity index (χ1n) is 16.4. The van der Waals surface area contributed by atoms with E-state index in [4.69, 9.17) is 14.2 Å². The highest BCUT2D eigenvalue weighted by Crippen LogP contribution is 2.48. The van der Waals surface area contributed by atoms with Crippen LogP contribution in [0.15, 0.2) is 66.9 Å². The summed E-state index contributed by atoms with van der Waals surface area (Å²) < 4.78 is 58.3. The number of hydrogen-bond acceptors (Lipinski definition) is 8. The lowest BCUT2D eigenvalue weighted by atomic mass is 9.93. The predicted octanol–water partition coefficient (Wildman–Crippen LogP) is 6.26. The molecule has 2 heterocycles. The van der Waals surface area contributed by atoms with Gasteiger partial charge in [-0.3, -0.25) is 18.8 Å². The number of amides is 1. The summed E-state index contributed by atoms with van der Waals surface area (Å²) in [7, 11) is 0.857. The van der Waals surface area contributed by atoms with Crippen LogP contribution < -0.4 is 24.8 Å². The molecule has 3 fully saturated rings. The van der Waals surface area contributed by atoms with Gasteiger partial charge in [-0.1, -0.05) is 6.07 Å². The van der Waals surface area contributed by atoms with Crippen LogP contribution in [-0.2, 0) is 26.8 Å². The average molecular weight is 690 g/mol. The Bertz CT molecular complexity index is 1920. The lowest BCUT2D eigenvalue weighted by Gasteiger charge is -2.28. The number of methoxy groups -OCH3 is 1. The number of rotatable bonds is 13. The standard InChI is InChI=1S/C37H37F2N3O6S/c1-46-32-20-28-30(21-33(32)47-22-36(11-12-36)42-26-9-16-49(45)17-10-26)40-15-8-31(28)48-27-7-2-23(29(39)19-27)18-34(43)37(13-14-37)35(44)41-25-5-3-24(38)4-6-25/h2-8,15,19-21,26,42H,9-14,16-18,22H2,1H3,(H,41,44). The molecule has 1 aromatic heterocycles. The normalized spacial score (nSPS) is 20.3. The summed E-state index contributed by atoms with van der Waals surface area (Å²) in [6.45, 7) is 0.471. The Morgan fingerprint density at radius 1 is 0.939 bits per heavy atom. The van der Waals surface area contributed by atoms with E-state index in [2.05, 4.69) is 15.6 Å². The first-order chi connectivity index (χ1) is 23.6. The van der Waals surface area contributed by atoms with Crippen LogP contribution in [0, 0.1) is 17.0 Å². The molecule has 0 atom stereocenters. The van der Waals surface area contributed by atoms with Gasteiger partial charge in [0, 0.05) is 64.2 Å². The van der Waals surface area contributed by atoms with Crippen molar-refractivity contribution >= 4 is 39.1 Å². The van der Waals surface area contributed by atoms with Crippen LogP contribution in [0.4, 0.5) is 14.5 Å². The van der Waals surface area contributed by atoms with Gasteiger partial charge in [-0.25, -0.2) is 8.78 Å². The number of halogens is 2. The number of benzene rings is 3. The molecule has 49 heavy (non-hydrogen) atoms. The van der Waals surface area contributed by atoms with Crippen molar-refractivity contribution in [2.45, 2.75) is 56.5 Å². The van der Waals surface area contributed by atoms with Crippen LogP contribution in [0.2, 0.25) is 0 Å². The number of ether oxygens (including phenoxy) is 3. The molecule has 3 aliphatic rings. The second-order valence-electron chi connectivity index (χ2n) is 13.2. The largest absolute Gasteiger partial charge is 0.493 e. The molecule has 0 unspecified atom stereocenters. The number of hydrogen-bond donors (Lipinski definition) is 2. The molecule has 2 aliphatic carbocycles. The van der Waals surface area contributed by atoms with Crippen LogP contribution in [-0.4, -0.2) is 57.7 Å². The van der Waals surface area contributed by atoms with Gasteiger partial charge in [-0.15, -0.1) is 0 Å². The quantitative estimate of drug-likeness (QED) is 0.158. The molecule has 3 aromatic carbocycles. The topological polar surface area (TPSA) is 116 Å². The van der Waals surface area contributed by atoms with Crippen molar-refractivity contribution in [2.24, 2.45) is 5.41 Å². The molecular formula is C37H37F2N3O6S. The summed E-state index contributed by atoms with van der Waals surface area (Å²) in [5, 5.41) is 7.06. The third-order valence-electron chi connectivity index (χ3n) is 9.67. The molecule has 4 aromatic rings. The fraction of sp³-hybridized carbons (Fsp3) is 0.378. The van der Waals surface area contributed by atoms with E-state index >= 15 is 4.39 Å². The van der Waals surface area contributed by atoms with Crippen molar-refractivity contribution in [3.63, 3.8) is 0 Å². The van der Waals surface area contributed by atoms with Crippen LogP contribution in [0.5, 0.6) is 23.0 Å². The Morgan fingerprint density at radius 2 is 1.69 bits per heavy atom. The molecule has 1 aliphatic heterocycles. The van der Waals surface area contributed by atoms with Gasteiger partial charge in [0.15, 0.2) is 17.3 Å². The molecule has 0 bridgehead atoms. The van der Waals surface area contributed by atoms with Crippen molar-refractivity contribution in [1.82, 2.24) is 10.3 Å². The molecule has 2 saturated carbocycles. The maximum atomic E-state index is 15.3. The summed E-state index contributed by atoms with van der Waals surface area (Å²) >= 11 is 0. The zero-order valence-corrected chi connectivity index (χ0v) is 27.9. The molecule has 9 nitrogen and oxygen atoms in total. The zero-order valence-electron chi connectivity index (χ0n) is 27.1. The number of Topliss-reactive ketones (excluding diaryl/α,β-unsaturated/α-hetero) is 1. The Morgan fingerprint density at radius 3 is 2.37 bits per heavy atom. The Kier molecular flexibility index (Phi) is 9.10. The van der Waals surface area contributed by atoms with Crippen molar-refractivity contribution in [2.75, 3.05) is 30.5 Å². The molecule has 256 valence electrons. The molecule has 7 rings (SSSR count). The van der Waals surface area contributed by atoms with E-state index in [0.717, 1.165) is 37.2 Å². The molecule has 12 heteroatoms. The Hall–Kier alpha value is -4.42. The van der Waals surface area contributed by atoms with Crippen molar-refractivity contribution in [3.8, 4) is 23.0 Å². The van der Waals surface area contributed by atoms with E-state index in [0.29, 0.717) is 59.3 Å². The lowest BCUT2D eigenvalue weighted by Crippen LogP contribution is -2.46. The number of nitrogens with zero attached hydrogens (tertiary/aromatic N) is 1. The summed E-state index contributed by atoms with van der Waals surface area (Å²) in [5.74, 6) is 1.28. The molecular weight excluding hydrogens is 652 g/mol. The van der Waals surface area contributed by atoms with Gasteiger partial charge in [-0.05, 0) is 86.6 Å². The van der Waals surface area contributed by atoms with E-state index in [1.54, 1.807) is 37.6 Å². The predicted molar refractivity (Wildman–Crippen MR) is 182 cm³/mol. The fourth-order valence-electron chi connectivity index (χ4n) is 6.30. The highest BCUT2D eigenvalue weighted by Gasteiger charge is 2.55. The minimum absolute atomic E-state index is 0.0989. The van der Waals surface area contributed by atoms with E-state index < -0.39 is 33.8 Å². The number of carbonyl (C=O) groups excluding carboxylic acids is 2. The van der Waals surface area contributed by atoms with Gasteiger partial charge in [0.05, 0.1) is 18.2 Å². The van der Waals surface area contributed by atoms with Gasteiger partial charge >= 0.3 is 0 Å². The number of fused-ring (bicyclic) bond motifs is 1. The zero-order chi connectivity index (χ0) is 34.2. The highest BCUT2D eigenvalue weighted by atomic mass is 32.2. The Balaban J connectivity index is 1.01. The van der Waals surface area contributed by atoms with E-state index in [1.165, 1.54) is 36.4 Å². The van der Waals surface area contributed by atoms with E-state index in [9.17, 15) is 18.2 Å². The molecule has 0 radical (unpaired) electrons.